The van der Waals surface area contributed by atoms with Gasteiger partial charge in [0.1, 0.15) is 0 Å². The van der Waals surface area contributed by atoms with Crippen molar-refractivity contribution >= 4 is 11.9 Å². The first-order chi connectivity index (χ1) is 8.15. The van der Waals surface area contributed by atoms with Crippen molar-refractivity contribution in [2.75, 3.05) is 0 Å². The molecular formula is C13H19NO3. The summed E-state index contributed by atoms with van der Waals surface area (Å²) in [5.74, 6) is 0.241. The van der Waals surface area contributed by atoms with Crippen molar-refractivity contribution < 1.29 is 14.7 Å². The van der Waals surface area contributed by atoms with Crippen LogP contribution in [0, 0.1) is 11.8 Å². The quantitative estimate of drug-likeness (QED) is 0.811. The summed E-state index contributed by atoms with van der Waals surface area (Å²) in [6, 6.07) is 0.678. The highest BCUT2D eigenvalue weighted by Gasteiger charge is 2.46. The Morgan fingerprint density at radius 2 is 1.65 bits per heavy atom. The number of carboxylic acid groups (broad SMARTS) is 1. The maximum Gasteiger partial charge on any atom is 0.303 e. The number of fused-ring (bicyclic) bond motifs is 2. The number of carboxylic acids is 1. The molecule has 0 radical (unpaired) electrons. The smallest absolute Gasteiger partial charge is 0.303 e. The predicted molar refractivity (Wildman–Crippen MR) is 61.4 cm³/mol. The Bertz CT molecular complexity index is 337. The number of hydrogen-bond donors (Lipinski definition) is 1. The van der Waals surface area contributed by atoms with Gasteiger partial charge < -0.3 is 10.0 Å². The number of aliphatic carboxylic acids is 1. The Kier molecular flexibility index (Phi) is 2.60. The zero-order valence-corrected chi connectivity index (χ0v) is 9.97. The van der Waals surface area contributed by atoms with Gasteiger partial charge in [-0.3, -0.25) is 9.59 Å². The van der Waals surface area contributed by atoms with E-state index in [9.17, 15) is 9.59 Å². The zero-order valence-electron chi connectivity index (χ0n) is 9.97. The molecule has 0 aromatic carbocycles. The second-order valence-electron chi connectivity index (χ2n) is 5.84. The summed E-state index contributed by atoms with van der Waals surface area (Å²) >= 11 is 0. The van der Waals surface area contributed by atoms with Gasteiger partial charge in [-0.1, -0.05) is 0 Å². The Labute approximate surface area is 101 Å². The van der Waals surface area contributed by atoms with Crippen molar-refractivity contribution in [3.63, 3.8) is 0 Å². The highest BCUT2D eigenvalue weighted by atomic mass is 16.4. The summed E-state index contributed by atoms with van der Waals surface area (Å²) in [5.41, 5.74) is 0. The molecule has 2 saturated heterocycles. The first-order valence-corrected chi connectivity index (χ1v) is 6.69. The molecule has 4 heteroatoms. The molecule has 3 fully saturated rings. The molecule has 4 nitrogen and oxygen atoms in total. The van der Waals surface area contributed by atoms with E-state index >= 15 is 0 Å². The van der Waals surface area contributed by atoms with Crippen molar-refractivity contribution in [1.29, 1.82) is 0 Å². The van der Waals surface area contributed by atoms with Crippen LogP contribution in [0.2, 0.25) is 0 Å². The zero-order chi connectivity index (χ0) is 12.0. The lowest BCUT2D eigenvalue weighted by Crippen LogP contribution is -2.47. The molecule has 1 N–H and O–H groups in total. The Morgan fingerprint density at radius 3 is 2.12 bits per heavy atom. The minimum absolute atomic E-state index is 0.276. The molecule has 2 aliphatic heterocycles. The number of piperidine rings is 1. The number of rotatable bonds is 3. The maximum atomic E-state index is 12.2. The molecule has 1 saturated carbocycles. The molecule has 0 aromatic rings. The lowest BCUT2D eigenvalue weighted by molar-refractivity contribution is -0.140. The van der Waals surface area contributed by atoms with Crippen LogP contribution in [-0.2, 0) is 9.59 Å². The summed E-state index contributed by atoms with van der Waals surface area (Å²) in [6.45, 7) is 0. The van der Waals surface area contributed by atoms with Crippen molar-refractivity contribution in [1.82, 2.24) is 4.90 Å². The summed E-state index contributed by atoms with van der Waals surface area (Å²) in [6.07, 6.45) is 6.38. The first kappa shape index (κ1) is 11.1. The van der Waals surface area contributed by atoms with Crippen LogP contribution in [0.3, 0.4) is 0 Å². The third-order valence-corrected chi connectivity index (χ3v) is 4.48. The maximum absolute atomic E-state index is 12.2. The molecule has 0 aromatic heterocycles. The van der Waals surface area contributed by atoms with Crippen LogP contribution in [0.25, 0.3) is 0 Å². The third-order valence-electron chi connectivity index (χ3n) is 4.48. The average molecular weight is 237 g/mol. The molecule has 1 amide bonds. The van der Waals surface area contributed by atoms with Crippen molar-refractivity contribution in [3.8, 4) is 0 Å². The normalized spacial score (nSPS) is 36.0. The largest absolute Gasteiger partial charge is 0.481 e. The Balaban J connectivity index is 1.67. The molecule has 2 atom stereocenters. The second-order valence-corrected chi connectivity index (χ2v) is 5.84. The molecule has 0 spiro atoms. The van der Waals surface area contributed by atoms with E-state index in [1.807, 2.05) is 0 Å². The van der Waals surface area contributed by atoms with Gasteiger partial charge in [0.2, 0.25) is 5.91 Å². The number of carbonyl (C=O) groups excluding carboxylic acids is 1. The van der Waals surface area contributed by atoms with E-state index in [0.29, 0.717) is 23.9 Å². The number of carbonyl (C=O) groups is 2. The van der Waals surface area contributed by atoms with E-state index in [2.05, 4.69) is 4.90 Å². The van der Waals surface area contributed by atoms with Crippen LogP contribution in [0.15, 0.2) is 0 Å². The second kappa shape index (κ2) is 4.00. The number of nitrogens with zero attached hydrogens (tertiary/aromatic N) is 1. The van der Waals surface area contributed by atoms with Crippen molar-refractivity contribution in [2.24, 2.45) is 11.8 Å². The van der Waals surface area contributed by atoms with Crippen LogP contribution in [0.4, 0.5) is 0 Å². The topological polar surface area (TPSA) is 57.6 Å². The SMILES string of the molecule is O=C(O)CC1CC2CCC(C1)N2C(=O)C1CC1. The highest BCUT2D eigenvalue weighted by molar-refractivity contribution is 5.82. The van der Waals surface area contributed by atoms with Crippen LogP contribution < -0.4 is 0 Å². The fourth-order valence-electron chi connectivity index (χ4n) is 3.60. The van der Waals surface area contributed by atoms with Crippen LogP contribution in [0.5, 0.6) is 0 Å². The van der Waals surface area contributed by atoms with E-state index in [1.165, 1.54) is 0 Å². The van der Waals surface area contributed by atoms with Gasteiger partial charge in [0.05, 0.1) is 0 Å². The van der Waals surface area contributed by atoms with Gasteiger partial charge in [-0.2, -0.15) is 0 Å². The monoisotopic (exact) mass is 237 g/mol. The van der Waals surface area contributed by atoms with Gasteiger partial charge in [-0.25, -0.2) is 0 Å². The van der Waals surface area contributed by atoms with Gasteiger partial charge in [-0.05, 0) is 44.4 Å². The Morgan fingerprint density at radius 1 is 1.06 bits per heavy atom. The van der Waals surface area contributed by atoms with Gasteiger partial charge in [0.25, 0.3) is 0 Å². The fraction of sp³-hybridized carbons (Fsp3) is 0.846. The van der Waals surface area contributed by atoms with Crippen LogP contribution in [-0.4, -0.2) is 34.0 Å². The van der Waals surface area contributed by atoms with E-state index in [4.69, 9.17) is 5.11 Å². The number of amides is 1. The summed E-state index contributed by atoms with van der Waals surface area (Å²) in [4.78, 5) is 25.0. The van der Waals surface area contributed by atoms with Crippen molar-refractivity contribution in [2.45, 2.75) is 57.0 Å². The summed E-state index contributed by atoms with van der Waals surface area (Å²) in [7, 11) is 0. The molecule has 94 valence electrons. The summed E-state index contributed by atoms with van der Waals surface area (Å²) < 4.78 is 0. The van der Waals surface area contributed by atoms with Gasteiger partial charge >= 0.3 is 5.97 Å². The van der Waals surface area contributed by atoms with E-state index in [-0.39, 0.29) is 12.3 Å². The molecule has 3 aliphatic rings. The number of hydrogen-bond acceptors (Lipinski definition) is 2. The molecular weight excluding hydrogens is 218 g/mol. The molecule has 3 rings (SSSR count). The van der Waals surface area contributed by atoms with E-state index in [0.717, 1.165) is 38.5 Å². The average Bonchev–Trinajstić information content (AvgIpc) is 3.04. The van der Waals surface area contributed by atoms with Crippen LogP contribution in [0.1, 0.15) is 44.9 Å². The third kappa shape index (κ3) is 2.05. The predicted octanol–water partition coefficient (Wildman–Crippen LogP) is 1.64. The lowest BCUT2D eigenvalue weighted by atomic mass is 9.88. The molecule has 2 bridgehead atoms. The van der Waals surface area contributed by atoms with E-state index in [1.54, 1.807) is 0 Å². The Hall–Kier alpha value is -1.06. The molecule has 1 aliphatic carbocycles. The molecule has 17 heavy (non-hydrogen) atoms. The molecule has 2 heterocycles. The summed E-state index contributed by atoms with van der Waals surface area (Å²) in [5, 5.41) is 8.85. The van der Waals surface area contributed by atoms with E-state index < -0.39 is 5.97 Å². The van der Waals surface area contributed by atoms with Gasteiger partial charge in [0, 0.05) is 24.4 Å². The minimum atomic E-state index is -0.698. The van der Waals surface area contributed by atoms with Gasteiger partial charge in [-0.15, -0.1) is 0 Å². The highest BCUT2D eigenvalue weighted by Crippen LogP contribution is 2.43. The van der Waals surface area contributed by atoms with Gasteiger partial charge in [0.15, 0.2) is 0 Å². The standard InChI is InChI=1S/C13H19NO3/c15-12(16)7-8-5-10-3-4-11(6-8)14(10)13(17)9-1-2-9/h8-11H,1-7H2,(H,15,16). The molecule has 2 unspecified atom stereocenters. The van der Waals surface area contributed by atoms with Crippen molar-refractivity contribution in [3.05, 3.63) is 0 Å². The van der Waals surface area contributed by atoms with Crippen LogP contribution >= 0.6 is 0 Å². The fourth-order valence-corrected chi connectivity index (χ4v) is 3.60. The minimum Gasteiger partial charge on any atom is -0.481 e. The lowest BCUT2D eigenvalue weighted by Gasteiger charge is -2.38. The first-order valence-electron chi connectivity index (χ1n) is 6.69.